The highest BCUT2D eigenvalue weighted by molar-refractivity contribution is 5.75. The molecule has 5 rings (SSSR count). The molecule has 176 valence electrons. The molecule has 0 N–H and O–H groups in total. The number of rotatable bonds is 5. The molecule has 10 nitrogen and oxygen atoms in total. The summed E-state index contributed by atoms with van der Waals surface area (Å²) in [6.45, 7) is 0. The van der Waals surface area contributed by atoms with Gasteiger partial charge in [0, 0.05) is 23.3 Å². The summed E-state index contributed by atoms with van der Waals surface area (Å²) in [5, 5.41) is 18.5. The predicted molar refractivity (Wildman–Crippen MR) is 115 cm³/mol. The third-order valence-electron chi connectivity index (χ3n) is 5.14. The van der Waals surface area contributed by atoms with Crippen LogP contribution in [0.2, 0.25) is 0 Å². The molecule has 0 fully saturated rings. The van der Waals surface area contributed by atoms with Crippen LogP contribution in [-0.2, 0) is 6.18 Å². The summed E-state index contributed by atoms with van der Waals surface area (Å²) in [6, 6.07) is 12.7. The minimum absolute atomic E-state index is 0.0596. The quantitative estimate of drug-likeness (QED) is 0.252. The molecule has 0 aliphatic rings. The number of methoxy groups -OCH3 is 1. The van der Waals surface area contributed by atoms with Crippen molar-refractivity contribution in [2.45, 2.75) is 6.18 Å². The second-order valence-corrected chi connectivity index (χ2v) is 7.27. The lowest BCUT2D eigenvalue weighted by Gasteiger charge is -2.11. The van der Waals surface area contributed by atoms with E-state index in [1.54, 1.807) is 24.3 Å². The van der Waals surface area contributed by atoms with E-state index in [9.17, 15) is 23.3 Å². The van der Waals surface area contributed by atoms with Crippen LogP contribution in [0.1, 0.15) is 5.69 Å². The molecule has 0 atom stereocenters. The Bertz CT molecular complexity index is 1540. The summed E-state index contributed by atoms with van der Waals surface area (Å²) in [5.74, 6) is 0.526. The van der Waals surface area contributed by atoms with E-state index >= 15 is 0 Å². The fraction of sp³-hybridized carbons (Fsp3) is 0.0909. The Morgan fingerprint density at radius 1 is 1.03 bits per heavy atom. The number of nitrogens with zero attached hydrogens (tertiary/aromatic N) is 6. The van der Waals surface area contributed by atoms with E-state index in [1.807, 2.05) is 0 Å². The third-order valence-corrected chi connectivity index (χ3v) is 5.14. The molecule has 0 radical (unpaired) electrons. The molecule has 13 heteroatoms. The Kier molecular flexibility index (Phi) is 5.16. The van der Waals surface area contributed by atoms with E-state index < -0.39 is 16.8 Å². The zero-order valence-corrected chi connectivity index (χ0v) is 17.7. The van der Waals surface area contributed by atoms with Crippen LogP contribution in [0.25, 0.3) is 39.7 Å². The molecule has 3 heterocycles. The molecule has 0 aliphatic carbocycles. The number of nitro benzene ring substituents is 1. The van der Waals surface area contributed by atoms with E-state index in [-0.39, 0.29) is 34.3 Å². The van der Waals surface area contributed by atoms with Crippen LogP contribution in [0, 0.1) is 10.1 Å². The Labute approximate surface area is 193 Å². The number of ether oxygens (including phenoxy) is 1. The van der Waals surface area contributed by atoms with Gasteiger partial charge in [0.05, 0.1) is 23.9 Å². The number of halogens is 3. The Balaban J connectivity index is 1.61. The lowest BCUT2D eigenvalue weighted by atomic mass is 10.1. The van der Waals surface area contributed by atoms with Gasteiger partial charge in [0.2, 0.25) is 5.82 Å². The van der Waals surface area contributed by atoms with Crippen LogP contribution in [0.4, 0.5) is 18.9 Å². The number of non-ortho nitro benzene ring substituents is 1. The Morgan fingerprint density at radius 2 is 1.71 bits per heavy atom. The lowest BCUT2D eigenvalue weighted by molar-refractivity contribution is -0.384. The maximum Gasteiger partial charge on any atom is 0.433 e. The van der Waals surface area contributed by atoms with Crippen molar-refractivity contribution in [3.05, 3.63) is 76.6 Å². The number of nitro groups is 1. The minimum atomic E-state index is -4.72. The molecule has 3 aromatic heterocycles. The van der Waals surface area contributed by atoms with Crippen molar-refractivity contribution in [3.8, 4) is 39.8 Å². The van der Waals surface area contributed by atoms with E-state index in [0.29, 0.717) is 21.4 Å². The number of alkyl halides is 3. The van der Waals surface area contributed by atoms with E-state index in [4.69, 9.17) is 9.26 Å². The molecular formula is C22H13F3N6O4. The van der Waals surface area contributed by atoms with Crippen LogP contribution >= 0.6 is 0 Å². The molecule has 0 saturated heterocycles. The Morgan fingerprint density at radius 3 is 2.34 bits per heavy atom. The van der Waals surface area contributed by atoms with E-state index in [2.05, 4.69) is 20.2 Å². The van der Waals surface area contributed by atoms with Crippen LogP contribution in [0.5, 0.6) is 5.75 Å². The van der Waals surface area contributed by atoms with Gasteiger partial charge in [-0.15, -0.1) is 0 Å². The van der Waals surface area contributed by atoms with Gasteiger partial charge >= 0.3 is 6.18 Å². The van der Waals surface area contributed by atoms with Gasteiger partial charge in [-0.1, -0.05) is 5.16 Å². The van der Waals surface area contributed by atoms with Crippen molar-refractivity contribution >= 4 is 11.3 Å². The van der Waals surface area contributed by atoms with Gasteiger partial charge in [-0.05, 0) is 42.5 Å². The lowest BCUT2D eigenvalue weighted by Crippen LogP contribution is -2.13. The first-order valence-corrected chi connectivity index (χ1v) is 9.94. The summed E-state index contributed by atoms with van der Waals surface area (Å²) >= 11 is 0. The van der Waals surface area contributed by atoms with Gasteiger partial charge in [-0.25, -0.2) is 9.50 Å². The number of fused-ring (bicyclic) bond motifs is 1. The topological polar surface area (TPSA) is 121 Å². The first kappa shape index (κ1) is 22.0. The van der Waals surface area contributed by atoms with Crippen molar-refractivity contribution < 1.29 is 27.4 Å². The van der Waals surface area contributed by atoms with E-state index in [1.165, 1.54) is 31.4 Å². The van der Waals surface area contributed by atoms with Crippen molar-refractivity contribution in [3.63, 3.8) is 0 Å². The SMILES string of the molecule is COc1ccc(-c2cc(C(F)(F)F)n3ncc(-c4nc(-c5ccc([N+](=O)[O-])cc5)no4)c3n2)cc1. The summed E-state index contributed by atoms with van der Waals surface area (Å²) < 4.78 is 52.6. The molecule has 2 aromatic carbocycles. The molecule has 35 heavy (non-hydrogen) atoms. The van der Waals surface area contributed by atoms with Crippen LogP contribution in [-0.4, -0.2) is 36.8 Å². The zero-order valence-electron chi connectivity index (χ0n) is 17.7. The molecule has 0 unspecified atom stereocenters. The molecule has 0 bridgehead atoms. The van der Waals surface area contributed by atoms with Gasteiger partial charge in [0.1, 0.15) is 11.3 Å². The summed E-state index contributed by atoms with van der Waals surface area (Å²) in [6.07, 6.45) is -3.56. The highest BCUT2D eigenvalue weighted by Gasteiger charge is 2.36. The number of hydrogen-bond donors (Lipinski definition) is 0. The standard InChI is InChI=1S/C22H13F3N6O4/c1-34-15-8-4-12(5-9-15)17-10-18(22(23,24)25)30-20(27-17)16(11-26-30)21-28-19(29-35-21)13-2-6-14(7-3-13)31(32)33/h2-11H,1H3. The van der Waals surface area contributed by atoms with Crippen molar-refractivity contribution in [2.24, 2.45) is 0 Å². The molecule has 0 amide bonds. The van der Waals surface area contributed by atoms with Crippen LogP contribution < -0.4 is 4.74 Å². The maximum absolute atomic E-state index is 13.9. The number of hydrogen-bond acceptors (Lipinski definition) is 8. The monoisotopic (exact) mass is 482 g/mol. The smallest absolute Gasteiger partial charge is 0.433 e. The third kappa shape index (κ3) is 4.03. The van der Waals surface area contributed by atoms with Gasteiger partial charge in [-0.2, -0.15) is 23.3 Å². The zero-order chi connectivity index (χ0) is 24.7. The normalized spacial score (nSPS) is 11.7. The van der Waals surface area contributed by atoms with Gasteiger partial charge in [0.25, 0.3) is 11.6 Å². The predicted octanol–water partition coefficient (Wildman–Crippen LogP) is 5.05. The fourth-order valence-electron chi connectivity index (χ4n) is 3.41. The summed E-state index contributed by atoms with van der Waals surface area (Å²) in [5.41, 5.74) is -0.280. The maximum atomic E-state index is 13.9. The van der Waals surface area contributed by atoms with Crippen LogP contribution in [0.15, 0.2) is 65.3 Å². The number of aromatic nitrogens is 5. The molecule has 0 aliphatic heterocycles. The fourth-order valence-corrected chi connectivity index (χ4v) is 3.41. The first-order chi connectivity index (χ1) is 16.7. The van der Waals surface area contributed by atoms with Gasteiger partial charge in [-0.3, -0.25) is 10.1 Å². The van der Waals surface area contributed by atoms with Crippen LogP contribution in [0.3, 0.4) is 0 Å². The average molecular weight is 482 g/mol. The second kappa shape index (κ2) is 8.20. The molecule has 0 spiro atoms. The molecule has 5 aromatic rings. The van der Waals surface area contributed by atoms with Crippen molar-refractivity contribution in [1.82, 2.24) is 24.7 Å². The Hall–Kier alpha value is -4.81. The van der Waals surface area contributed by atoms with Crippen molar-refractivity contribution in [1.29, 1.82) is 0 Å². The van der Waals surface area contributed by atoms with Gasteiger partial charge < -0.3 is 9.26 Å². The average Bonchev–Trinajstić information content (AvgIpc) is 3.50. The summed E-state index contributed by atoms with van der Waals surface area (Å²) in [4.78, 5) is 18.9. The van der Waals surface area contributed by atoms with Crippen molar-refractivity contribution in [2.75, 3.05) is 7.11 Å². The number of benzene rings is 2. The van der Waals surface area contributed by atoms with E-state index in [0.717, 1.165) is 12.3 Å². The molecular weight excluding hydrogens is 469 g/mol. The first-order valence-electron chi connectivity index (χ1n) is 9.94. The highest BCUT2D eigenvalue weighted by Crippen LogP contribution is 2.35. The summed E-state index contributed by atoms with van der Waals surface area (Å²) in [7, 11) is 1.48. The highest BCUT2D eigenvalue weighted by atomic mass is 19.4. The van der Waals surface area contributed by atoms with Gasteiger partial charge in [0.15, 0.2) is 11.3 Å². The molecule has 0 saturated carbocycles. The minimum Gasteiger partial charge on any atom is -0.497 e. The largest absolute Gasteiger partial charge is 0.497 e. The second-order valence-electron chi connectivity index (χ2n) is 7.27.